The normalized spacial score (nSPS) is 17.8. The maximum absolute atomic E-state index is 5.73. The second-order valence-corrected chi connectivity index (χ2v) is 5.00. The van der Waals surface area contributed by atoms with Gasteiger partial charge in [-0.15, -0.1) is 0 Å². The monoisotopic (exact) mass is 204 g/mol. The van der Waals surface area contributed by atoms with E-state index in [1.54, 1.807) is 0 Å². The van der Waals surface area contributed by atoms with Crippen LogP contribution in [0.3, 0.4) is 0 Å². The van der Waals surface area contributed by atoms with Crippen LogP contribution in [0.5, 0.6) is 0 Å². The van der Waals surface area contributed by atoms with Gasteiger partial charge in [-0.3, -0.25) is 0 Å². The number of anilines is 2. The molecule has 1 saturated carbocycles. The number of nitrogens with two attached hydrogens (primary N) is 1. The Balaban J connectivity index is 1.94. The molecule has 0 heterocycles. The molecule has 0 radical (unpaired) electrons. The Kier molecular flexibility index (Phi) is 2.59. The minimum absolute atomic E-state index is 0.546. The highest BCUT2D eigenvalue weighted by Gasteiger charge is 2.44. The molecule has 15 heavy (non-hydrogen) atoms. The number of nitrogens with one attached hydrogen (secondary N) is 1. The fourth-order valence-corrected chi connectivity index (χ4v) is 2.05. The molecule has 0 atom stereocenters. The molecule has 0 spiro atoms. The van der Waals surface area contributed by atoms with Crippen LogP contribution in [0.4, 0.5) is 11.4 Å². The van der Waals surface area contributed by atoms with E-state index >= 15 is 0 Å². The van der Waals surface area contributed by atoms with Crippen LogP contribution in [0.1, 0.15) is 26.7 Å². The van der Waals surface area contributed by atoms with Crippen LogP contribution in [0.2, 0.25) is 0 Å². The second kappa shape index (κ2) is 3.76. The van der Waals surface area contributed by atoms with E-state index in [9.17, 15) is 0 Å². The van der Waals surface area contributed by atoms with Gasteiger partial charge in [0.25, 0.3) is 0 Å². The third-order valence-corrected chi connectivity index (χ3v) is 3.65. The van der Waals surface area contributed by atoms with Gasteiger partial charge in [-0.25, -0.2) is 0 Å². The summed E-state index contributed by atoms with van der Waals surface area (Å²) in [6.07, 6.45) is 2.72. The van der Waals surface area contributed by atoms with Gasteiger partial charge in [0.1, 0.15) is 0 Å². The highest BCUT2D eigenvalue weighted by Crippen LogP contribution is 2.51. The van der Waals surface area contributed by atoms with Gasteiger partial charge in [0.15, 0.2) is 0 Å². The quantitative estimate of drug-likeness (QED) is 0.739. The Morgan fingerprint density at radius 1 is 1.40 bits per heavy atom. The Hall–Kier alpha value is -1.18. The summed E-state index contributed by atoms with van der Waals surface area (Å²) in [5.74, 6) is 0.769. The molecule has 0 unspecified atom stereocenters. The Morgan fingerprint density at radius 3 is 2.67 bits per heavy atom. The van der Waals surface area contributed by atoms with Crippen LogP contribution in [-0.4, -0.2) is 6.54 Å². The maximum atomic E-state index is 5.73. The summed E-state index contributed by atoms with van der Waals surface area (Å²) in [5.41, 5.74) is 8.25. The molecule has 3 N–H and O–H groups in total. The van der Waals surface area contributed by atoms with E-state index in [0.717, 1.165) is 23.8 Å². The number of nitrogen functional groups attached to an aromatic ring is 1. The van der Waals surface area contributed by atoms with E-state index in [-0.39, 0.29) is 0 Å². The van der Waals surface area contributed by atoms with E-state index in [1.165, 1.54) is 12.8 Å². The lowest BCUT2D eigenvalue weighted by molar-refractivity contribution is 0.380. The molecule has 1 aliphatic carbocycles. The van der Waals surface area contributed by atoms with Crippen LogP contribution in [0.25, 0.3) is 0 Å². The van der Waals surface area contributed by atoms with Crippen molar-refractivity contribution in [1.29, 1.82) is 0 Å². The molecule has 2 rings (SSSR count). The van der Waals surface area contributed by atoms with Gasteiger partial charge >= 0.3 is 0 Å². The summed E-state index contributed by atoms with van der Waals surface area (Å²) in [5, 5.41) is 3.49. The van der Waals surface area contributed by atoms with Crippen LogP contribution in [0.15, 0.2) is 24.3 Å². The van der Waals surface area contributed by atoms with Crippen molar-refractivity contribution in [2.45, 2.75) is 26.7 Å². The minimum atomic E-state index is 0.546. The first kappa shape index (κ1) is 10.3. The number of hydrogen-bond acceptors (Lipinski definition) is 2. The predicted molar refractivity (Wildman–Crippen MR) is 65.8 cm³/mol. The summed E-state index contributed by atoms with van der Waals surface area (Å²) in [4.78, 5) is 0. The van der Waals surface area contributed by atoms with Gasteiger partial charge < -0.3 is 11.1 Å². The number of hydrogen-bond donors (Lipinski definition) is 2. The number of benzene rings is 1. The SMILES string of the molecule is CC(C)C1(CNc2cccc(N)c2)CC1. The van der Waals surface area contributed by atoms with Gasteiger partial charge in [0.05, 0.1) is 0 Å². The van der Waals surface area contributed by atoms with Crippen molar-refractivity contribution in [2.75, 3.05) is 17.6 Å². The summed E-state index contributed by atoms with van der Waals surface area (Å²) in [7, 11) is 0. The van der Waals surface area contributed by atoms with Crippen molar-refractivity contribution >= 4 is 11.4 Å². The molecule has 1 aromatic carbocycles. The van der Waals surface area contributed by atoms with Crippen molar-refractivity contribution in [3.8, 4) is 0 Å². The van der Waals surface area contributed by atoms with E-state index in [4.69, 9.17) is 5.73 Å². The van der Waals surface area contributed by atoms with E-state index < -0.39 is 0 Å². The molecule has 82 valence electrons. The molecule has 2 nitrogen and oxygen atoms in total. The van der Waals surface area contributed by atoms with Gasteiger partial charge in [-0.1, -0.05) is 19.9 Å². The number of rotatable bonds is 4. The summed E-state index contributed by atoms with van der Waals surface area (Å²) in [6, 6.07) is 7.98. The molecule has 1 aromatic rings. The van der Waals surface area contributed by atoms with Crippen molar-refractivity contribution in [1.82, 2.24) is 0 Å². The first-order valence-corrected chi connectivity index (χ1v) is 5.72. The zero-order chi connectivity index (χ0) is 10.9. The highest BCUT2D eigenvalue weighted by molar-refractivity contribution is 5.54. The van der Waals surface area contributed by atoms with Crippen LogP contribution in [0, 0.1) is 11.3 Å². The third kappa shape index (κ3) is 2.25. The van der Waals surface area contributed by atoms with E-state index in [0.29, 0.717) is 5.41 Å². The van der Waals surface area contributed by atoms with Crippen molar-refractivity contribution in [3.05, 3.63) is 24.3 Å². The molecule has 0 aliphatic heterocycles. The van der Waals surface area contributed by atoms with Gasteiger partial charge in [0, 0.05) is 17.9 Å². The van der Waals surface area contributed by atoms with Crippen LogP contribution in [-0.2, 0) is 0 Å². The van der Waals surface area contributed by atoms with Gasteiger partial charge in [-0.05, 0) is 42.4 Å². The first-order chi connectivity index (χ1) is 7.12. The van der Waals surface area contributed by atoms with Crippen molar-refractivity contribution in [2.24, 2.45) is 11.3 Å². The summed E-state index contributed by atoms with van der Waals surface area (Å²) in [6.45, 7) is 5.70. The lowest BCUT2D eigenvalue weighted by Crippen LogP contribution is -2.20. The van der Waals surface area contributed by atoms with E-state index in [2.05, 4.69) is 25.2 Å². The lowest BCUT2D eigenvalue weighted by atomic mass is 9.92. The molecule has 1 fully saturated rings. The van der Waals surface area contributed by atoms with Crippen LogP contribution < -0.4 is 11.1 Å². The maximum Gasteiger partial charge on any atom is 0.0360 e. The van der Waals surface area contributed by atoms with Gasteiger partial charge in [0.2, 0.25) is 0 Å². The Labute approximate surface area is 91.9 Å². The van der Waals surface area contributed by atoms with E-state index in [1.807, 2.05) is 18.2 Å². The molecular formula is C13H20N2. The molecule has 0 saturated heterocycles. The molecular weight excluding hydrogens is 184 g/mol. The molecule has 0 bridgehead atoms. The zero-order valence-electron chi connectivity index (χ0n) is 9.59. The first-order valence-electron chi connectivity index (χ1n) is 5.72. The minimum Gasteiger partial charge on any atom is -0.399 e. The molecule has 2 heteroatoms. The molecule has 0 amide bonds. The zero-order valence-corrected chi connectivity index (χ0v) is 9.59. The second-order valence-electron chi connectivity index (χ2n) is 5.00. The lowest BCUT2D eigenvalue weighted by Gasteiger charge is -2.20. The third-order valence-electron chi connectivity index (χ3n) is 3.65. The summed E-state index contributed by atoms with van der Waals surface area (Å²) >= 11 is 0. The topological polar surface area (TPSA) is 38.0 Å². The fraction of sp³-hybridized carbons (Fsp3) is 0.538. The largest absolute Gasteiger partial charge is 0.399 e. The Bertz CT molecular complexity index is 340. The predicted octanol–water partition coefficient (Wildman–Crippen LogP) is 3.12. The highest BCUT2D eigenvalue weighted by atomic mass is 14.9. The van der Waals surface area contributed by atoms with Gasteiger partial charge in [-0.2, -0.15) is 0 Å². The van der Waals surface area contributed by atoms with Crippen LogP contribution >= 0.6 is 0 Å². The molecule has 1 aliphatic rings. The average Bonchev–Trinajstić information content (AvgIpc) is 2.96. The standard InChI is InChI=1S/C13H20N2/c1-10(2)13(6-7-13)9-15-12-5-3-4-11(14)8-12/h3-5,8,10,15H,6-7,9,14H2,1-2H3. The smallest absolute Gasteiger partial charge is 0.0360 e. The fourth-order valence-electron chi connectivity index (χ4n) is 2.05. The summed E-state index contributed by atoms with van der Waals surface area (Å²) < 4.78 is 0. The van der Waals surface area contributed by atoms with Crippen molar-refractivity contribution in [3.63, 3.8) is 0 Å². The molecule has 0 aromatic heterocycles. The van der Waals surface area contributed by atoms with Crippen molar-refractivity contribution < 1.29 is 0 Å². The average molecular weight is 204 g/mol. The Morgan fingerprint density at radius 2 is 2.13 bits per heavy atom.